The monoisotopic (exact) mass is 502 g/mol. The highest BCUT2D eigenvalue weighted by molar-refractivity contribution is 6.88. The Kier molecular flexibility index (Phi) is 12.5. The summed E-state index contributed by atoms with van der Waals surface area (Å²) in [5.41, 5.74) is 0. The van der Waals surface area contributed by atoms with Gasteiger partial charge in [0, 0.05) is 19.1 Å². The molecule has 0 N–H and O–H groups in total. The SMILES string of the molecule is C=CC[Si](C)(O[Si](C)(O[SiH](C)C)O[SiH](C)C)O[Si](C)(O[SiH](C)C)O[SiH](C)C. The van der Waals surface area contributed by atoms with Crippen molar-refractivity contribution in [3.05, 3.63) is 12.7 Å². The highest BCUT2D eigenvalue weighted by Crippen LogP contribution is 2.28. The van der Waals surface area contributed by atoms with Crippen LogP contribution in [0.5, 0.6) is 0 Å². The van der Waals surface area contributed by atoms with Crippen LogP contribution in [0.4, 0.5) is 0 Å². The van der Waals surface area contributed by atoms with Gasteiger partial charge in [-0.25, -0.2) is 0 Å². The Morgan fingerprint density at radius 2 is 0.889 bits per heavy atom. The Bertz CT molecular complexity index is 398. The standard InChI is InChI=1S/C14H42O6Si7/c1-13-14-25(10,19-26(11,15-21(2)3)16-22(4)5)20-27(12,17-23(6)7)18-24(8)9/h13,21-24H,1,14H2,2-12H3. The lowest BCUT2D eigenvalue weighted by molar-refractivity contribution is 0.205. The van der Waals surface area contributed by atoms with Crippen LogP contribution in [0.3, 0.4) is 0 Å². The van der Waals surface area contributed by atoms with Crippen molar-refractivity contribution in [2.24, 2.45) is 0 Å². The summed E-state index contributed by atoms with van der Waals surface area (Å²) in [5, 5.41) is 0. The van der Waals surface area contributed by atoms with Gasteiger partial charge >= 0.3 is 26.2 Å². The average Bonchev–Trinajstić information content (AvgIpc) is 2.31. The Labute approximate surface area is 177 Å². The van der Waals surface area contributed by atoms with E-state index >= 15 is 0 Å². The fourth-order valence-electron chi connectivity index (χ4n) is 3.02. The second-order valence-corrected chi connectivity index (χ2v) is 28.1. The summed E-state index contributed by atoms with van der Waals surface area (Å²) in [4.78, 5) is 0. The van der Waals surface area contributed by atoms with Crippen molar-refractivity contribution in [3.63, 3.8) is 0 Å². The molecule has 27 heavy (non-hydrogen) atoms. The van der Waals surface area contributed by atoms with Gasteiger partial charge in [-0.3, -0.25) is 0 Å². The summed E-state index contributed by atoms with van der Waals surface area (Å²) in [5.74, 6) is 0. The van der Waals surface area contributed by atoms with Crippen LogP contribution in [-0.4, -0.2) is 62.3 Å². The van der Waals surface area contributed by atoms with Crippen LogP contribution in [0.25, 0.3) is 0 Å². The molecule has 0 spiro atoms. The van der Waals surface area contributed by atoms with Crippen LogP contribution in [0.15, 0.2) is 12.7 Å². The quantitative estimate of drug-likeness (QED) is 0.268. The summed E-state index contributed by atoms with van der Waals surface area (Å²) < 4.78 is 38.6. The minimum absolute atomic E-state index is 0.649. The first-order valence-electron chi connectivity index (χ1n) is 9.86. The van der Waals surface area contributed by atoms with E-state index in [4.69, 9.17) is 24.7 Å². The molecule has 0 bridgehead atoms. The molecule has 0 aliphatic heterocycles. The molecule has 0 amide bonds. The van der Waals surface area contributed by atoms with Crippen LogP contribution in [0.1, 0.15) is 0 Å². The Morgan fingerprint density at radius 1 is 0.630 bits per heavy atom. The molecular formula is C14H42O6Si7. The Hall–Kier alpha value is 1.02. The van der Waals surface area contributed by atoms with Crippen molar-refractivity contribution in [3.8, 4) is 0 Å². The highest BCUT2D eigenvalue weighted by atomic mass is 28.5. The van der Waals surface area contributed by atoms with Crippen LogP contribution in [0, 0.1) is 0 Å². The smallest absolute Gasteiger partial charge is 0.420 e. The maximum absolute atomic E-state index is 6.66. The molecule has 0 aromatic rings. The van der Waals surface area contributed by atoms with Crippen LogP contribution in [-0.2, 0) is 24.7 Å². The van der Waals surface area contributed by atoms with Gasteiger partial charge in [0.05, 0.1) is 0 Å². The fraction of sp³-hybridized carbons (Fsp3) is 0.857. The molecule has 0 heterocycles. The van der Waals surface area contributed by atoms with Crippen molar-refractivity contribution >= 4 is 62.3 Å². The molecule has 0 fully saturated rings. The molecule has 0 rings (SSSR count). The molecule has 0 aliphatic carbocycles. The number of hydrogen-bond acceptors (Lipinski definition) is 6. The summed E-state index contributed by atoms with van der Waals surface area (Å²) in [6, 6.07) is 0.649. The molecule has 0 aromatic carbocycles. The fourth-order valence-corrected chi connectivity index (χ4v) is 28.7. The first-order chi connectivity index (χ1) is 12.1. The van der Waals surface area contributed by atoms with Crippen molar-refractivity contribution in [1.82, 2.24) is 0 Å². The summed E-state index contributed by atoms with van der Waals surface area (Å²) in [6.07, 6.45) is 1.87. The normalized spacial score (nSPS) is 14.0. The predicted octanol–water partition coefficient (Wildman–Crippen LogP) is 3.42. The first-order valence-corrected chi connectivity index (χ1v) is 28.0. The van der Waals surface area contributed by atoms with Gasteiger partial charge in [-0.1, -0.05) is 6.08 Å². The number of rotatable bonds is 14. The van der Waals surface area contributed by atoms with Gasteiger partial charge in [0.2, 0.25) is 0 Å². The van der Waals surface area contributed by atoms with Gasteiger partial charge in [-0.2, -0.15) is 0 Å². The van der Waals surface area contributed by atoms with E-state index in [0.717, 1.165) is 0 Å². The minimum atomic E-state index is -2.78. The average molecular weight is 503 g/mol. The second kappa shape index (κ2) is 12.0. The molecule has 0 saturated carbocycles. The van der Waals surface area contributed by atoms with Crippen LogP contribution in [0.2, 0.25) is 78.1 Å². The van der Waals surface area contributed by atoms with Gasteiger partial charge in [-0.15, -0.1) is 6.58 Å². The van der Waals surface area contributed by atoms with Gasteiger partial charge < -0.3 is 24.7 Å². The van der Waals surface area contributed by atoms with E-state index in [-0.39, 0.29) is 0 Å². The Balaban J connectivity index is 5.71. The second-order valence-electron chi connectivity index (χ2n) is 8.22. The molecule has 13 heteroatoms. The lowest BCUT2D eigenvalue weighted by Gasteiger charge is -2.42. The summed E-state index contributed by atoms with van der Waals surface area (Å²) in [7, 11) is -13.6. The Morgan fingerprint density at radius 3 is 1.07 bits per heavy atom. The van der Waals surface area contributed by atoms with Crippen molar-refractivity contribution in [2.45, 2.75) is 78.1 Å². The molecule has 0 aromatic heterocycles. The lowest BCUT2D eigenvalue weighted by Crippen LogP contribution is -2.62. The summed E-state index contributed by atoms with van der Waals surface area (Å²) in [6.45, 7) is 27.2. The molecule has 0 saturated heterocycles. The first kappa shape index (κ1) is 28.0. The van der Waals surface area contributed by atoms with E-state index in [2.05, 4.69) is 65.5 Å². The van der Waals surface area contributed by atoms with Gasteiger partial charge in [0.15, 0.2) is 36.2 Å². The molecule has 0 radical (unpaired) electrons. The van der Waals surface area contributed by atoms with E-state index in [1.165, 1.54) is 0 Å². The topological polar surface area (TPSA) is 55.4 Å². The van der Waals surface area contributed by atoms with Crippen LogP contribution >= 0.6 is 0 Å². The molecular weight excluding hydrogens is 461 g/mol. The van der Waals surface area contributed by atoms with Crippen molar-refractivity contribution < 1.29 is 24.7 Å². The van der Waals surface area contributed by atoms with E-state index in [0.29, 0.717) is 6.04 Å². The predicted molar refractivity (Wildman–Crippen MR) is 132 cm³/mol. The van der Waals surface area contributed by atoms with Gasteiger partial charge in [0.1, 0.15) is 0 Å². The zero-order chi connectivity index (χ0) is 21.5. The van der Waals surface area contributed by atoms with E-state index in [1.807, 2.05) is 19.2 Å². The maximum atomic E-state index is 6.66. The highest BCUT2D eigenvalue weighted by Gasteiger charge is 2.51. The van der Waals surface area contributed by atoms with E-state index in [1.54, 1.807) is 0 Å². The van der Waals surface area contributed by atoms with E-state index < -0.39 is 62.3 Å². The zero-order valence-corrected chi connectivity index (χ0v) is 26.9. The maximum Gasteiger partial charge on any atom is 0.467 e. The van der Waals surface area contributed by atoms with Crippen molar-refractivity contribution in [1.29, 1.82) is 0 Å². The lowest BCUT2D eigenvalue weighted by atomic mass is 10.8. The number of hydrogen-bond donors (Lipinski definition) is 0. The molecule has 0 atom stereocenters. The van der Waals surface area contributed by atoms with Gasteiger partial charge in [0.25, 0.3) is 0 Å². The largest absolute Gasteiger partial charge is 0.467 e. The number of allylic oxidation sites excluding steroid dienone is 1. The molecule has 6 nitrogen and oxygen atoms in total. The third-order valence-electron chi connectivity index (χ3n) is 3.12. The molecule has 162 valence electrons. The third-order valence-corrected chi connectivity index (χ3v) is 25.0. The van der Waals surface area contributed by atoms with E-state index in [9.17, 15) is 0 Å². The molecule has 0 unspecified atom stereocenters. The van der Waals surface area contributed by atoms with Crippen LogP contribution < -0.4 is 0 Å². The zero-order valence-electron chi connectivity index (χ0n) is 19.3. The van der Waals surface area contributed by atoms with Crippen molar-refractivity contribution in [2.75, 3.05) is 0 Å². The summed E-state index contributed by atoms with van der Waals surface area (Å²) >= 11 is 0. The van der Waals surface area contributed by atoms with Gasteiger partial charge in [-0.05, 0) is 58.9 Å². The molecule has 0 aliphatic rings. The third kappa shape index (κ3) is 12.3. The minimum Gasteiger partial charge on any atom is -0.420 e.